The summed E-state index contributed by atoms with van der Waals surface area (Å²) in [7, 11) is 0. The monoisotopic (exact) mass is 406 g/mol. The van der Waals surface area contributed by atoms with Crippen molar-refractivity contribution in [2.75, 3.05) is 5.32 Å². The van der Waals surface area contributed by atoms with Gasteiger partial charge in [-0.15, -0.1) is 0 Å². The highest BCUT2D eigenvalue weighted by Gasteiger charge is 2.18. The van der Waals surface area contributed by atoms with Crippen molar-refractivity contribution in [2.45, 2.75) is 46.1 Å². The Balaban J connectivity index is 1.49. The van der Waals surface area contributed by atoms with Gasteiger partial charge in [-0.1, -0.05) is 11.3 Å². The van der Waals surface area contributed by atoms with Crippen molar-refractivity contribution < 1.29 is 4.79 Å². The number of nitrogens with zero attached hydrogens (tertiary/aromatic N) is 5. The van der Waals surface area contributed by atoms with Gasteiger partial charge >= 0.3 is 0 Å². The van der Waals surface area contributed by atoms with Crippen LogP contribution in [0, 0.1) is 6.92 Å². The van der Waals surface area contributed by atoms with Crippen LogP contribution in [0.3, 0.4) is 0 Å². The van der Waals surface area contributed by atoms with Gasteiger partial charge in [0.05, 0.1) is 15.9 Å². The predicted molar refractivity (Wildman–Crippen MR) is 114 cm³/mol. The van der Waals surface area contributed by atoms with Crippen LogP contribution >= 0.6 is 11.3 Å². The average molecular weight is 407 g/mol. The van der Waals surface area contributed by atoms with Crippen LogP contribution in [-0.2, 0) is 19.4 Å². The maximum absolute atomic E-state index is 12.6. The topological polar surface area (TPSA) is 77.6 Å². The predicted octanol–water partition coefficient (Wildman–Crippen LogP) is 4.14. The minimum absolute atomic E-state index is 0.255. The summed E-state index contributed by atoms with van der Waals surface area (Å²) < 4.78 is 4.60. The number of carbonyl (C=O) groups is 1. The molecule has 0 atom stereocenters. The molecule has 1 aromatic carbocycles. The summed E-state index contributed by atoms with van der Waals surface area (Å²) in [5.74, 6) is 0.345. The Morgan fingerprint density at radius 3 is 2.72 bits per heavy atom. The van der Waals surface area contributed by atoms with Gasteiger partial charge in [-0.2, -0.15) is 14.9 Å². The molecule has 0 saturated carbocycles. The molecule has 0 spiro atoms. The minimum Gasteiger partial charge on any atom is -0.305 e. The van der Waals surface area contributed by atoms with Gasteiger partial charge < -0.3 is 5.32 Å². The summed E-state index contributed by atoms with van der Waals surface area (Å²) in [4.78, 5) is 17.4. The lowest BCUT2D eigenvalue weighted by molar-refractivity contribution is 0.102. The first-order chi connectivity index (χ1) is 14.1. The van der Waals surface area contributed by atoms with Crippen LogP contribution in [0.25, 0.3) is 15.3 Å². The van der Waals surface area contributed by atoms with Gasteiger partial charge in [0.2, 0.25) is 5.13 Å². The molecule has 29 heavy (non-hydrogen) atoms. The van der Waals surface area contributed by atoms with Gasteiger partial charge in [0.15, 0.2) is 5.69 Å². The van der Waals surface area contributed by atoms with Crippen molar-refractivity contribution in [3.63, 3.8) is 0 Å². The Bertz CT molecular complexity index is 1170. The van der Waals surface area contributed by atoms with E-state index in [0.717, 1.165) is 40.4 Å². The van der Waals surface area contributed by atoms with Gasteiger partial charge in [-0.25, -0.2) is 4.98 Å². The zero-order valence-corrected chi connectivity index (χ0v) is 17.3. The van der Waals surface area contributed by atoms with E-state index in [-0.39, 0.29) is 5.91 Å². The zero-order chi connectivity index (χ0) is 20.0. The van der Waals surface area contributed by atoms with Crippen LogP contribution in [-0.4, -0.2) is 30.5 Å². The number of fused-ring (bicyclic) bond motifs is 2. The van der Waals surface area contributed by atoms with E-state index in [1.165, 1.54) is 24.0 Å². The number of hydrogen-bond acceptors (Lipinski definition) is 5. The van der Waals surface area contributed by atoms with Crippen molar-refractivity contribution in [1.82, 2.24) is 24.5 Å². The van der Waals surface area contributed by atoms with E-state index in [1.54, 1.807) is 33.0 Å². The molecule has 5 rings (SSSR count). The molecule has 3 heterocycles. The third-order valence-corrected chi connectivity index (χ3v) is 6.29. The second-order valence-corrected chi connectivity index (χ2v) is 8.39. The van der Waals surface area contributed by atoms with Crippen molar-refractivity contribution in [1.29, 1.82) is 0 Å². The first kappa shape index (κ1) is 18.1. The van der Waals surface area contributed by atoms with Crippen molar-refractivity contribution >= 4 is 33.3 Å². The average Bonchev–Trinajstić information content (AvgIpc) is 3.43. The molecular formula is C21H22N6OS. The summed E-state index contributed by atoms with van der Waals surface area (Å²) in [6, 6.07) is 8.06. The second-order valence-electron chi connectivity index (χ2n) is 7.39. The third kappa shape index (κ3) is 3.33. The highest BCUT2D eigenvalue weighted by atomic mass is 32.1. The van der Waals surface area contributed by atoms with Crippen LogP contribution in [0.5, 0.6) is 0 Å². The smallest absolute Gasteiger partial charge is 0.277 e. The first-order valence-electron chi connectivity index (χ1n) is 9.95. The molecule has 1 aliphatic rings. The van der Waals surface area contributed by atoms with E-state index in [0.29, 0.717) is 11.5 Å². The van der Waals surface area contributed by atoms with Crippen molar-refractivity contribution in [3.05, 3.63) is 53.0 Å². The molecule has 0 radical (unpaired) electrons. The van der Waals surface area contributed by atoms with Gasteiger partial charge in [-0.3, -0.25) is 9.48 Å². The summed E-state index contributed by atoms with van der Waals surface area (Å²) in [6.45, 7) is 4.61. The molecule has 0 fully saturated rings. The molecule has 0 aliphatic heterocycles. The number of aromatic nitrogens is 5. The van der Waals surface area contributed by atoms with Gasteiger partial charge in [0.25, 0.3) is 5.91 Å². The Hall–Kier alpha value is -3.00. The number of thiazole rings is 1. The highest BCUT2D eigenvalue weighted by molar-refractivity contribution is 7.20. The van der Waals surface area contributed by atoms with E-state index in [2.05, 4.69) is 27.6 Å². The fourth-order valence-electron chi connectivity index (χ4n) is 3.81. The summed E-state index contributed by atoms with van der Waals surface area (Å²) in [5.41, 5.74) is 5.05. The summed E-state index contributed by atoms with van der Waals surface area (Å²) in [5, 5.41) is 12.5. The van der Waals surface area contributed by atoms with E-state index in [4.69, 9.17) is 4.98 Å². The number of carbonyl (C=O) groups excluding carboxylic acids is 1. The zero-order valence-electron chi connectivity index (χ0n) is 16.5. The first-order valence-corrected chi connectivity index (χ1v) is 10.8. The number of aryl methyl sites for hydroxylation is 4. The Labute approximate surface area is 172 Å². The van der Waals surface area contributed by atoms with Crippen molar-refractivity contribution in [2.24, 2.45) is 0 Å². The largest absolute Gasteiger partial charge is 0.305 e. The third-order valence-electron chi connectivity index (χ3n) is 5.29. The van der Waals surface area contributed by atoms with Crippen LogP contribution in [0.15, 0.2) is 30.5 Å². The number of anilines is 1. The fourth-order valence-corrected chi connectivity index (χ4v) is 4.78. The molecule has 0 unspecified atom stereocenters. The molecule has 7 nitrogen and oxygen atoms in total. The minimum atomic E-state index is -0.255. The molecule has 1 N–H and O–H groups in total. The highest BCUT2D eigenvalue weighted by Crippen LogP contribution is 2.32. The molecule has 0 saturated heterocycles. The summed E-state index contributed by atoms with van der Waals surface area (Å²) >= 11 is 1.60. The fraction of sp³-hybridized carbons (Fsp3) is 0.333. The van der Waals surface area contributed by atoms with Crippen LogP contribution in [0.2, 0.25) is 0 Å². The quantitative estimate of drug-likeness (QED) is 0.553. The van der Waals surface area contributed by atoms with Crippen LogP contribution < -0.4 is 5.32 Å². The standard InChI is InChI=1S/C21H22N6OS/c1-3-26-9-8-16(25-26)20(28)23-19-10-13(2)24-27(19)21-22-17-11-14-6-4-5-7-15(14)12-18(17)29-21/h8-12H,3-7H2,1-2H3,(H,23,28). The summed E-state index contributed by atoms with van der Waals surface area (Å²) in [6.07, 6.45) is 6.58. The second kappa shape index (κ2) is 7.11. The molecule has 0 bridgehead atoms. The molecule has 1 aliphatic carbocycles. The number of rotatable bonds is 4. The van der Waals surface area contributed by atoms with Gasteiger partial charge in [0.1, 0.15) is 5.82 Å². The number of hydrogen-bond donors (Lipinski definition) is 1. The lowest BCUT2D eigenvalue weighted by Gasteiger charge is -2.14. The Morgan fingerprint density at radius 2 is 1.97 bits per heavy atom. The SMILES string of the molecule is CCn1ccc(C(=O)Nc2cc(C)nn2-c2nc3cc4c(cc3s2)CCCC4)n1. The molecule has 4 aromatic rings. The van der Waals surface area contributed by atoms with E-state index >= 15 is 0 Å². The number of nitrogens with one attached hydrogen (secondary N) is 1. The van der Waals surface area contributed by atoms with E-state index in [9.17, 15) is 4.79 Å². The van der Waals surface area contributed by atoms with Crippen LogP contribution in [0.4, 0.5) is 5.82 Å². The number of benzene rings is 1. The van der Waals surface area contributed by atoms with Gasteiger partial charge in [-0.05, 0) is 68.9 Å². The maximum Gasteiger partial charge on any atom is 0.277 e. The Morgan fingerprint density at radius 1 is 1.17 bits per heavy atom. The lowest BCUT2D eigenvalue weighted by Crippen LogP contribution is -2.16. The normalized spacial score (nSPS) is 13.6. The van der Waals surface area contributed by atoms with E-state index in [1.807, 2.05) is 19.9 Å². The molecule has 8 heteroatoms. The van der Waals surface area contributed by atoms with Crippen LogP contribution in [0.1, 0.15) is 47.1 Å². The molecule has 1 amide bonds. The Kier molecular flexibility index (Phi) is 4.43. The number of amides is 1. The van der Waals surface area contributed by atoms with Crippen molar-refractivity contribution in [3.8, 4) is 5.13 Å². The van der Waals surface area contributed by atoms with Gasteiger partial charge in [0, 0.05) is 18.8 Å². The molecule has 148 valence electrons. The maximum atomic E-state index is 12.6. The lowest BCUT2D eigenvalue weighted by atomic mass is 9.92. The molecule has 3 aromatic heterocycles. The van der Waals surface area contributed by atoms with E-state index < -0.39 is 0 Å². The molecular weight excluding hydrogens is 384 g/mol.